The van der Waals surface area contributed by atoms with Crippen LogP contribution >= 0.6 is 0 Å². The Morgan fingerprint density at radius 2 is 1.85 bits per heavy atom. The summed E-state index contributed by atoms with van der Waals surface area (Å²) in [5.74, 6) is 1.04. The first kappa shape index (κ1) is 20.7. The van der Waals surface area contributed by atoms with E-state index < -0.39 is 6.09 Å². The lowest BCUT2D eigenvalue weighted by Gasteiger charge is -2.21. The molecule has 0 saturated carbocycles. The first-order valence-corrected chi connectivity index (χ1v) is 9.81. The second kappa shape index (κ2) is 11.2. The molecule has 1 aliphatic carbocycles. The summed E-state index contributed by atoms with van der Waals surface area (Å²) in [5.41, 5.74) is 1.65. The number of ether oxygens (including phenoxy) is 1. The van der Waals surface area contributed by atoms with Crippen LogP contribution in [0.4, 0.5) is 10.5 Å². The number of hydrogen-bond acceptors (Lipinski definition) is 4. The summed E-state index contributed by atoms with van der Waals surface area (Å²) in [6.07, 6.45) is 12.3. The summed E-state index contributed by atoms with van der Waals surface area (Å²) in [5, 5.41) is 13.9. The minimum Gasteiger partial charge on any atom is -0.449 e. The van der Waals surface area contributed by atoms with Crippen LogP contribution in [0.25, 0.3) is 0 Å². The van der Waals surface area contributed by atoms with Crippen LogP contribution in [0.5, 0.6) is 0 Å². The van der Waals surface area contributed by atoms with E-state index in [0.29, 0.717) is 24.0 Å². The van der Waals surface area contributed by atoms with Gasteiger partial charge in [0.05, 0.1) is 6.61 Å². The zero-order chi connectivity index (χ0) is 19.5. The van der Waals surface area contributed by atoms with E-state index >= 15 is 0 Å². The van der Waals surface area contributed by atoms with E-state index in [-0.39, 0.29) is 5.84 Å². The van der Waals surface area contributed by atoms with E-state index in [1.165, 1.54) is 0 Å². The first-order valence-electron chi connectivity index (χ1n) is 9.81. The van der Waals surface area contributed by atoms with Crippen LogP contribution in [0.1, 0.15) is 45.1 Å². The molecule has 3 N–H and O–H groups in total. The molecule has 0 fully saturated rings. The van der Waals surface area contributed by atoms with Crippen LogP contribution < -0.4 is 10.6 Å². The van der Waals surface area contributed by atoms with Crippen molar-refractivity contribution in [2.24, 2.45) is 11.8 Å². The smallest absolute Gasteiger partial charge is 0.412 e. The highest BCUT2D eigenvalue weighted by Crippen LogP contribution is 2.20. The molecular weight excluding hydrogens is 338 g/mol. The highest BCUT2D eigenvalue weighted by molar-refractivity contribution is 6.04. The molecule has 0 heterocycles. The Morgan fingerprint density at radius 1 is 1.11 bits per heavy atom. The number of amides is 1. The Morgan fingerprint density at radius 3 is 2.56 bits per heavy atom. The van der Waals surface area contributed by atoms with Gasteiger partial charge in [-0.1, -0.05) is 57.4 Å². The number of anilines is 1. The van der Waals surface area contributed by atoms with E-state index in [9.17, 15) is 4.79 Å². The van der Waals surface area contributed by atoms with Crippen molar-refractivity contribution >= 4 is 17.6 Å². The quantitative estimate of drug-likeness (QED) is 0.322. The van der Waals surface area contributed by atoms with Gasteiger partial charge in [-0.2, -0.15) is 0 Å². The molecular formula is C22H31N3O2. The van der Waals surface area contributed by atoms with Gasteiger partial charge in [0.15, 0.2) is 0 Å². The minimum absolute atomic E-state index is 0.0501. The Labute approximate surface area is 162 Å². The van der Waals surface area contributed by atoms with E-state index in [2.05, 4.69) is 48.8 Å². The number of alkyl carbamates (subject to hydrolysis) is 1. The predicted octanol–water partition coefficient (Wildman–Crippen LogP) is 5.11. The lowest BCUT2D eigenvalue weighted by Crippen LogP contribution is -2.31. The van der Waals surface area contributed by atoms with Gasteiger partial charge >= 0.3 is 6.09 Å². The molecule has 146 valence electrons. The fourth-order valence-electron chi connectivity index (χ4n) is 2.91. The third-order valence-electron chi connectivity index (χ3n) is 4.73. The Hall–Kier alpha value is -2.56. The van der Waals surface area contributed by atoms with Gasteiger partial charge in [-0.15, -0.1) is 0 Å². The normalized spacial score (nSPS) is 18.1. The SMILES string of the molecule is CCCCCCOC(=O)NC(=N)c1ccc(NCC2C=CC=CC2C)cc1. The molecule has 0 radical (unpaired) electrons. The lowest BCUT2D eigenvalue weighted by atomic mass is 9.90. The maximum absolute atomic E-state index is 11.7. The van der Waals surface area contributed by atoms with E-state index in [0.717, 1.165) is 37.9 Å². The molecule has 27 heavy (non-hydrogen) atoms. The molecule has 1 aromatic rings. The summed E-state index contributed by atoms with van der Waals surface area (Å²) in [7, 11) is 0. The van der Waals surface area contributed by atoms with Gasteiger partial charge < -0.3 is 10.1 Å². The molecule has 1 aliphatic rings. The zero-order valence-corrected chi connectivity index (χ0v) is 16.3. The summed E-state index contributed by atoms with van der Waals surface area (Å²) >= 11 is 0. The number of rotatable bonds is 9. The minimum atomic E-state index is -0.565. The van der Waals surface area contributed by atoms with Crippen molar-refractivity contribution in [3.63, 3.8) is 0 Å². The third kappa shape index (κ3) is 7.29. The van der Waals surface area contributed by atoms with Crippen LogP contribution in [-0.4, -0.2) is 25.1 Å². The standard InChI is InChI=1S/C22H31N3O2/c1-3-4-5-8-15-27-22(26)25-21(23)18-11-13-20(14-12-18)24-16-19-10-7-6-9-17(19)2/h6-7,9-14,17,19,24H,3-5,8,15-16H2,1-2H3,(H2,23,25,26). The van der Waals surface area contributed by atoms with Crippen LogP contribution in [0, 0.1) is 17.2 Å². The van der Waals surface area contributed by atoms with Crippen molar-refractivity contribution in [1.82, 2.24) is 5.32 Å². The van der Waals surface area contributed by atoms with E-state index in [4.69, 9.17) is 10.1 Å². The molecule has 5 nitrogen and oxygen atoms in total. The Balaban J connectivity index is 1.73. The monoisotopic (exact) mass is 369 g/mol. The topological polar surface area (TPSA) is 74.2 Å². The maximum Gasteiger partial charge on any atom is 0.412 e. The van der Waals surface area contributed by atoms with Crippen LogP contribution in [0.2, 0.25) is 0 Å². The highest BCUT2D eigenvalue weighted by atomic mass is 16.5. The van der Waals surface area contributed by atoms with Gasteiger partial charge in [0.25, 0.3) is 0 Å². The van der Waals surface area contributed by atoms with Crippen molar-refractivity contribution in [2.45, 2.75) is 39.5 Å². The van der Waals surface area contributed by atoms with Crippen molar-refractivity contribution in [1.29, 1.82) is 5.41 Å². The van der Waals surface area contributed by atoms with Gasteiger partial charge in [0.2, 0.25) is 0 Å². The van der Waals surface area contributed by atoms with Gasteiger partial charge in [0, 0.05) is 23.7 Å². The molecule has 0 saturated heterocycles. The number of allylic oxidation sites excluding steroid dienone is 3. The molecule has 2 unspecified atom stereocenters. The highest BCUT2D eigenvalue weighted by Gasteiger charge is 2.13. The molecule has 2 atom stereocenters. The van der Waals surface area contributed by atoms with E-state index in [1.54, 1.807) is 0 Å². The summed E-state index contributed by atoms with van der Waals surface area (Å²) in [6.45, 7) is 5.61. The fraction of sp³-hybridized carbons (Fsp3) is 0.455. The average Bonchev–Trinajstić information content (AvgIpc) is 2.67. The summed E-state index contributed by atoms with van der Waals surface area (Å²) in [6, 6.07) is 7.50. The van der Waals surface area contributed by atoms with Gasteiger partial charge in [0.1, 0.15) is 5.84 Å². The molecule has 1 aromatic carbocycles. The van der Waals surface area contributed by atoms with Crippen molar-refractivity contribution in [2.75, 3.05) is 18.5 Å². The van der Waals surface area contributed by atoms with Crippen molar-refractivity contribution in [3.05, 3.63) is 54.1 Å². The molecule has 2 rings (SSSR count). The van der Waals surface area contributed by atoms with Crippen LogP contribution in [-0.2, 0) is 4.74 Å². The second-order valence-electron chi connectivity index (χ2n) is 6.95. The number of hydrogen-bond donors (Lipinski definition) is 3. The summed E-state index contributed by atoms with van der Waals surface area (Å²) in [4.78, 5) is 11.7. The largest absolute Gasteiger partial charge is 0.449 e. The van der Waals surface area contributed by atoms with Crippen molar-refractivity contribution in [3.8, 4) is 0 Å². The molecule has 5 heteroatoms. The van der Waals surface area contributed by atoms with Gasteiger partial charge in [-0.25, -0.2) is 4.79 Å². The summed E-state index contributed by atoms with van der Waals surface area (Å²) < 4.78 is 5.11. The second-order valence-corrected chi connectivity index (χ2v) is 6.95. The number of nitrogens with one attached hydrogen (secondary N) is 3. The number of unbranched alkanes of at least 4 members (excludes halogenated alkanes) is 3. The van der Waals surface area contributed by atoms with E-state index in [1.807, 2.05) is 24.3 Å². The number of benzene rings is 1. The van der Waals surface area contributed by atoms with Gasteiger partial charge in [-0.05, 0) is 36.6 Å². The number of amidine groups is 1. The Bertz CT molecular complexity index is 665. The first-order chi connectivity index (χ1) is 13.1. The number of carbonyl (C=O) groups is 1. The van der Waals surface area contributed by atoms with Gasteiger partial charge in [-0.3, -0.25) is 10.7 Å². The lowest BCUT2D eigenvalue weighted by molar-refractivity contribution is 0.149. The van der Waals surface area contributed by atoms with Crippen LogP contribution in [0.3, 0.4) is 0 Å². The molecule has 0 spiro atoms. The molecule has 0 aromatic heterocycles. The molecule has 0 aliphatic heterocycles. The molecule has 1 amide bonds. The average molecular weight is 370 g/mol. The van der Waals surface area contributed by atoms with Crippen LogP contribution in [0.15, 0.2) is 48.6 Å². The zero-order valence-electron chi connectivity index (χ0n) is 16.3. The maximum atomic E-state index is 11.7. The number of carbonyl (C=O) groups excluding carboxylic acids is 1. The van der Waals surface area contributed by atoms with Crippen molar-refractivity contribution < 1.29 is 9.53 Å². The predicted molar refractivity (Wildman–Crippen MR) is 111 cm³/mol. The third-order valence-corrected chi connectivity index (χ3v) is 4.73. The molecule has 0 bridgehead atoms. The Kier molecular flexibility index (Phi) is 8.62. The fourth-order valence-corrected chi connectivity index (χ4v) is 2.91.